The van der Waals surface area contributed by atoms with Gasteiger partial charge in [0.05, 0.1) is 0 Å². The summed E-state index contributed by atoms with van der Waals surface area (Å²) < 4.78 is 0. The number of nitrogens with one attached hydrogen (secondary N) is 1. The van der Waals surface area contributed by atoms with Gasteiger partial charge in [0.25, 0.3) is 0 Å². The van der Waals surface area contributed by atoms with Gasteiger partial charge >= 0.3 is 0 Å². The van der Waals surface area contributed by atoms with Crippen molar-refractivity contribution < 1.29 is 4.79 Å². The zero-order chi connectivity index (χ0) is 11.5. The standard InChI is InChI=1S/C12H24N2O/c1-5-14-8-6-7-10(14)9-13-11(15)12(2,3)4/h10H,5-9H2,1-4H3,(H,13,15)/t10-/m1/s1. The average Bonchev–Trinajstić information content (AvgIpc) is 2.59. The number of hydrogen-bond acceptors (Lipinski definition) is 2. The molecule has 0 unspecified atom stereocenters. The van der Waals surface area contributed by atoms with E-state index in [1.165, 1.54) is 19.4 Å². The van der Waals surface area contributed by atoms with Crippen molar-refractivity contribution in [1.29, 1.82) is 0 Å². The Morgan fingerprint density at radius 2 is 2.13 bits per heavy atom. The lowest BCUT2D eigenvalue weighted by Gasteiger charge is -2.25. The van der Waals surface area contributed by atoms with Crippen molar-refractivity contribution in [1.82, 2.24) is 10.2 Å². The highest BCUT2D eigenvalue weighted by atomic mass is 16.2. The zero-order valence-electron chi connectivity index (χ0n) is 10.5. The normalized spacial score (nSPS) is 23.1. The van der Waals surface area contributed by atoms with Crippen LogP contribution in [-0.2, 0) is 4.79 Å². The van der Waals surface area contributed by atoms with Crippen LogP contribution in [0.15, 0.2) is 0 Å². The van der Waals surface area contributed by atoms with Crippen molar-refractivity contribution in [3.05, 3.63) is 0 Å². The fourth-order valence-electron chi connectivity index (χ4n) is 2.02. The second-order valence-electron chi connectivity index (χ2n) is 5.38. The van der Waals surface area contributed by atoms with Crippen molar-refractivity contribution in [3.8, 4) is 0 Å². The molecule has 1 aliphatic rings. The van der Waals surface area contributed by atoms with Gasteiger partial charge in [-0.05, 0) is 25.9 Å². The first-order chi connectivity index (χ1) is 6.95. The van der Waals surface area contributed by atoms with Crippen molar-refractivity contribution in [2.75, 3.05) is 19.6 Å². The van der Waals surface area contributed by atoms with Gasteiger partial charge < -0.3 is 5.32 Å². The van der Waals surface area contributed by atoms with Gasteiger partial charge in [-0.3, -0.25) is 9.69 Å². The van der Waals surface area contributed by atoms with E-state index in [0.29, 0.717) is 6.04 Å². The van der Waals surface area contributed by atoms with Crippen LogP contribution in [0.25, 0.3) is 0 Å². The third-order valence-electron chi connectivity index (χ3n) is 3.08. The van der Waals surface area contributed by atoms with E-state index in [9.17, 15) is 4.79 Å². The molecule has 88 valence electrons. The second-order valence-corrected chi connectivity index (χ2v) is 5.38. The molecule has 1 saturated heterocycles. The van der Waals surface area contributed by atoms with Crippen LogP contribution >= 0.6 is 0 Å². The number of hydrogen-bond donors (Lipinski definition) is 1. The summed E-state index contributed by atoms with van der Waals surface area (Å²) in [6.07, 6.45) is 2.49. The molecule has 15 heavy (non-hydrogen) atoms. The molecule has 0 aromatic rings. The number of carbonyl (C=O) groups is 1. The summed E-state index contributed by atoms with van der Waals surface area (Å²) >= 11 is 0. The van der Waals surface area contributed by atoms with Crippen LogP contribution in [-0.4, -0.2) is 36.5 Å². The second kappa shape index (κ2) is 4.97. The molecule has 3 nitrogen and oxygen atoms in total. The molecule has 0 aromatic carbocycles. The molecule has 1 amide bonds. The maximum Gasteiger partial charge on any atom is 0.225 e. The molecular formula is C12H24N2O. The van der Waals surface area contributed by atoms with Gasteiger partial charge in [0, 0.05) is 18.0 Å². The molecule has 0 radical (unpaired) electrons. The predicted molar refractivity (Wildman–Crippen MR) is 62.7 cm³/mol. The maximum absolute atomic E-state index is 11.7. The van der Waals surface area contributed by atoms with E-state index in [1.807, 2.05) is 20.8 Å². The average molecular weight is 212 g/mol. The van der Waals surface area contributed by atoms with Crippen LogP contribution < -0.4 is 5.32 Å². The lowest BCUT2D eigenvalue weighted by molar-refractivity contribution is -0.128. The van der Waals surface area contributed by atoms with E-state index in [4.69, 9.17) is 0 Å². The summed E-state index contributed by atoms with van der Waals surface area (Å²) in [5.41, 5.74) is -0.268. The largest absolute Gasteiger partial charge is 0.354 e. The quantitative estimate of drug-likeness (QED) is 0.771. The number of nitrogens with zero attached hydrogens (tertiary/aromatic N) is 1. The third-order valence-corrected chi connectivity index (χ3v) is 3.08. The van der Waals surface area contributed by atoms with Crippen LogP contribution in [0.5, 0.6) is 0 Å². The van der Waals surface area contributed by atoms with Gasteiger partial charge in [-0.15, -0.1) is 0 Å². The third kappa shape index (κ3) is 3.49. The van der Waals surface area contributed by atoms with Gasteiger partial charge in [-0.1, -0.05) is 27.7 Å². The minimum atomic E-state index is -0.268. The first kappa shape index (κ1) is 12.5. The SMILES string of the molecule is CCN1CCC[C@@H]1CNC(=O)C(C)(C)C. The Balaban J connectivity index is 2.34. The summed E-state index contributed by atoms with van der Waals surface area (Å²) in [4.78, 5) is 14.1. The molecular weight excluding hydrogens is 188 g/mol. The van der Waals surface area contributed by atoms with Crippen molar-refractivity contribution in [3.63, 3.8) is 0 Å². The number of carbonyl (C=O) groups excluding carboxylic acids is 1. The van der Waals surface area contributed by atoms with Gasteiger partial charge in [-0.2, -0.15) is 0 Å². The highest BCUT2D eigenvalue weighted by Crippen LogP contribution is 2.17. The summed E-state index contributed by atoms with van der Waals surface area (Å²) in [7, 11) is 0. The minimum Gasteiger partial charge on any atom is -0.354 e. The number of amides is 1. The van der Waals surface area contributed by atoms with E-state index < -0.39 is 0 Å². The minimum absolute atomic E-state index is 0.158. The highest BCUT2D eigenvalue weighted by molar-refractivity contribution is 5.81. The lowest BCUT2D eigenvalue weighted by atomic mass is 9.95. The van der Waals surface area contributed by atoms with Crippen molar-refractivity contribution in [2.24, 2.45) is 5.41 Å². The predicted octanol–water partition coefficient (Wildman–Crippen LogP) is 1.63. The van der Waals surface area contributed by atoms with Gasteiger partial charge in [0.15, 0.2) is 0 Å². The first-order valence-electron chi connectivity index (χ1n) is 5.97. The van der Waals surface area contributed by atoms with Crippen LogP contribution in [0.2, 0.25) is 0 Å². The monoisotopic (exact) mass is 212 g/mol. The topological polar surface area (TPSA) is 32.3 Å². The fraction of sp³-hybridized carbons (Fsp3) is 0.917. The Hall–Kier alpha value is -0.570. The Bertz CT molecular complexity index is 220. The first-order valence-corrected chi connectivity index (χ1v) is 5.97. The molecule has 1 N–H and O–H groups in total. The Morgan fingerprint density at radius 1 is 1.47 bits per heavy atom. The molecule has 1 aliphatic heterocycles. The summed E-state index contributed by atoms with van der Waals surface area (Å²) in [5, 5.41) is 3.05. The van der Waals surface area contributed by atoms with Crippen LogP contribution in [0.3, 0.4) is 0 Å². The Morgan fingerprint density at radius 3 is 2.67 bits per heavy atom. The van der Waals surface area contributed by atoms with Gasteiger partial charge in [0.2, 0.25) is 5.91 Å². The molecule has 0 aliphatic carbocycles. The van der Waals surface area contributed by atoms with E-state index in [1.54, 1.807) is 0 Å². The lowest BCUT2D eigenvalue weighted by Crippen LogP contribution is -2.43. The number of likely N-dealkylation sites (tertiary alicyclic amines) is 1. The summed E-state index contributed by atoms with van der Waals surface area (Å²) in [5.74, 6) is 0.158. The molecule has 0 bridgehead atoms. The molecule has 3 heteroatoms. The molecule has 1 fully saturated rings. The van der Waals surface area contributed by atoms with Crippen molar-refractivity contribution in [2.45, 2.75) is 46.6 Å². The molecule has 0 spiro atoms. The Kier molecular flexibility index (Phi) is 4.14. The van der Waals surface area contributed by atoms with Crippen molar-refractivity contribution >= 4 is 5.91 Å². The molecule has 1 heterocycles. The van der Waals surface area contributed by atoms with Crippen LogP contribution in [0, 0.1) is 5.41 Å². The highest BCUT2D eigenvalue weighted by Gasteiger charge is 2.26. The molecule has 0 saturated carbocycles. The number of likely N-dealkylation sites (N-methyl/N-ethyl adjacent to an activating group) is 1. The van der Waals surface area contributed by atoms with E-state index in [2.05, 4.69) is 17.1 Å². The van der Waals surface area contributed by atoms with E-state index >= 15 is 0 Å². The Labute approximate surface area is 93.2 Å². The summed E-state index contributed by atoms with van der Waals surface area (Å²) in [6.45, 7) is 11.1. The summed E-state index contributed by atoms with van der Waals surface area (Å²) in [6, 6.07) is 0.557. The smallest absolute Gasteiger partial charge is 0.225 e. The molecule has 0 aromatic heterocycles. The zero-order valence-corrected chi connectivity index (χ0v) is 10.5. The van der Waals surface area contributed by atoms with Crippen LogP contribution in [0.1, 0.15) is 40.5 Å². The molecule has 1 rings (SSSR count). The van der Waals surface area contributed by atoms with Crippen LogP contribution in [0.4, 0.5) is 0 Å². The van der Waals surface area contributed by atoms with Gasteiger partial charge in [-0.25, -0.2) is 0 Å². The van der Waals surface area contributed by atoms with Gasteiger partial charge in [0.1, 0.15) is 0 Å². The maximum atomic E-state index is 11.7. The molecule has 1 atom stereocenters. The van der Waals surface area contributed by atoms with E-state index in [0.717, 1.165) is 13.1 Å². The number of rotatable bonds is 3. The fourth-order valence-corrected chi connectivity index (χ4v) is 2.02. The van der Waals surface area contributed by atoms with E-state index in [-0.39, 0.29) is 11.3 Å².